The molecule has 1 aromatic carbocycles. The van der Waals surface area contributed by atoms with Crippen LogP contribution in [-0.4, -0.2) is 17.3 Å². The molecule has 0 saturated carbocycles. The molecular weight excluding hydrogens is 381 g/mol. The topological polar surface area (TPSA) is 29.1 Å². The summed E-state index contributed by atoms with van der Waals surface area (Å²) in [4.78, 5) is 12.2. The average molecular weight is 398 g/mol. The molecule has 0 fully saturated rings. The molecule has 0 aromatic heterocycles. The molecule has 0 radical (unpaired) electrons. The number of hydrogen-bond donors (Lipinski definition) is 1. The van der Waals surface area contributed by atoms with Crippen LogP contribution in [0.3, 0.4) is 0 Å². The van der Waals surface area contributed by atoms with E-state index in [4.69, 9.17) is 11.6 Å². The van der Waals surface area contributed by atoms with Crippen molar-refractivity contribution in [3.63, 3.8) is 0 Å². The number of hydrogen-bond acceptors (Lipinski definition) is 1. The third-order valence-electron chi connectivity index (χ3n) is 2.34. The molecule has 0 aliphatic heterocycles. The molecule has 1 aromatic rings. The standard InChI is InChI=1S/C13H16Br2ClNO/c1-8(2)3-11(15)7-17-13(18)9-4-10(14)6-12(16)5-9/h4-6,8,11H,3,7H2,1-2H3,(H,17,18). The summed E-state index contributed by atoms with van der Waals surface area (Å²) in [6, 6.07) is 5.17. The van der Waals surface area contributed by atoms with E-state index in [0.717, 1.165) is 10.9 Å². The van der Waals surface area contributed by atoms with Crippen molar-refractivity contribution in [3.8, 4) is 0 Å². The van der Waals surface area contributed by atoms with E-state index in [1.165, 1.54) is 0 Å². The Kier molecular flexibility index (Phi) is 6.67. The molecule has 5 heteroatoms. The van der Waals surface area contributed by atoms with Crippen LogP contribution in [0.25, 0.3) is 0 Å². The summed E-state index contributed by atoms with van der Waals surface area (Å²) in [6.45, 7) is 4.93. The number of nitrogens with one attached hydrogen (secondary N) is 1. The van der Waals surface area contributed by atoms with Gasteiger partial charge in [0, 0.05) is 26.4 Å². The first-order valence-corrected chi connectivity index (χ1v) is 7.85. The second-order valence-electron chi connectivity index (χ2n) is 4.59. The van der Waals surface area contributed by atoms with Crippen molar-refractivity contribution in [2.45, 2.75) is 25.1 Å². The second kappa shape index (κ2) is 7.51. The summed E-state index contributed by atoms with van der Waals surface area (Å²) in [7, 11) is 0. The fourth-order valence-corrected chi connectivity index (χ4v) is 3.35. The molecule has 0 bridgehead atoms. The summed E-state index contributed by atoms with van der Waals surface area (Å²) in [5.41, 5.74) is 0.568. The van der Waals surface area contributed by atoms with Gasteiger partial charge in [0.1, 0.15) is 0 Å². The van der Waals surface area contributed by atoms with Crippen molar-refractivity contribution in [3.05, 3.63) is 33.3 Å². The summed E-state index contributed by atoms with van der Waals surface area (Å²) < 4.78 is 0.803. The predicted molar refractivity (Wildman–Crippen MR) is 83.7 cm³/mol. The molecule has 1 N–H and O–H groups in total. The van der Waals surface area contributed by atoms with E-state index in [1.807, 2.05) is 0 Å². The Morgan fingerprint density at radius 3 is 2.61 bits per heavy atom. The molecule has 0 aliphatic carbocycles. The van der Waals surface area contributed by atoms with E-state index in [1.54, 1.807) is 18.2 Å². The van der Waals surface area contributed by atoms with Gasteiger partial charge in [-0.2, -0.15) is 0 Å². The maximum atomic E-state index is 11.9. The Morgan fingerprint density at radius 1 is 1.39 bits per heavy atom. The highest BCUT2D eigenvalue weighted by molar-refractivity contribution is 9.10. The van der Waals surface area contributed by atoms with Crippen LogP contribution < -0.4 is 5.32 Å². The minimum absolute atomic E-state index is 0.105. The van der Waals surface area contributed by atoms with E-state index in [2.05, 4.69) is 51.0 Å². The average Bonchev–Trinajstić information content (AvgIpc) is 2.23. The largest absolute Gasteiger partial charge is 0.351 e. The van der Waals surface area contributed by atoms with E-state index < -0.39 is 0 Å². The maximum Gasteiger partial charge on any atom is 0.251 e. The Morgan fingerprint density at radius 2 is 2.06 bits per heavy atom. The van der Waals surface area contributed by atoms with Crippen LogP contribution >= 0.6 is 43.5 Å². The normalized spacial score (nSPS) is 12.6. The number of benzene rings is 1. The van der Waals surface area contributed by atoms with Crippen molar-refractivity contribution in [2.75, 3.05) is 6.54 Å². The highest BCUT2D eigenvalue weighted by Crippen LogP contribution is 2.19. The van der Waals surface area contributed by atoms with Crippen LogP contribution in [0, 0.1) is 5.92 Å². The number of alkyl halides is 1. The predicted octanol–water partition coefficient (Wildman–Crippen LogP) is 4.64. The lowest BCUT2D eigenvalue weighted by Crippen LogP contribution is -2.30. The summed E-state index contributed by atoms with van der Waals surface area (Å²) in [5, 5.41) is 3.44. The highest BCUT2D eigenvalue weighted by atomic mass is 79.9. The van der Waals surface area contributed by atoms with Gasteiger partial charge in [-0.25, -0.2) is 0 Å². The minimum atomic E-state index is -0.105. The molecule has 18 heavy (non-hydrogen) atoms. The van der Waals surface area contributed by atoms with Crippen LogP contribution in [0.1, 0.15) is 30.6 Å². The Labute approximate surface area is 130 Å². The molecule has 1 rings (SSSR count). The summed E-state index contributed by atoms with van der Waals surface area (Å²) >= 11 is 12.8. The Bertz CT molecular complexity index is 403. The maximum absolute atomic E-state index is 11.9. The number of halogens is 3. The van der Waals surface area contributed by atoms with Gasteiger partial charge in [-0.3, -0.25) is 4.79 Å². The molecule has 0 saturated heterocycles. The molecule has 0 heterocycles. The zero-order chi connectivity index (χ0) is 13.7. The first kappa shape index (κ1) is 16.0. The number of amides is 1. The summed E-state index contributed by atoms with van der Waals surface area (Å²) in [5.74, 6) is 0.498. The van der Waals surface area contributed by atoms with E-state index in [-0.39, 0.29) is 5.91 Å². The summed E-state index contributed by atoms with van der Waals surface area (Å²) in [6.07, 6.45) is 1.03. The van der Waals surface area contributed by atoms with E-state index in [0.29, 0.717) is 27.9 Å². The van der Waals surface area contributed by atoms with Crippen LogP contribution in [0.5, 0.6) is 0 Å². The molecule has 1 atom stereocenters. The van der Waals surface area contributed by atoms with Crippen molar-refractivity contribution in [1.29, 1.82) is 0 Å². The second-order valence-corrected chi connectivity index (χ2v) is 7.24. The lowest BCUT2D eigenvalue weighted by atomic mass is 10.1. The van der Waals surface area contributed by atoms with Crippen molar-refractivity contribution in [1.82, 2.24) is 5.32 Å². The molecular formula is C13H16Br2ClNO. The molecule has 1 unspecified atom stereocenters. The van der Waals surface area contributed by atoms with Gasteiger partial charge < -0.3 is 5.32 Å². The zero-order valence-electron chi connectivity index (χ0n) is 10.3. The third-order valence-corrected chi connectivity index (χ3v) is 3.71. The van der Waals surface area contributed by atoms with Gasteiger partial charge in [-0.15, -0.1) is 0 Å². The van der Waals surface area contributed by atoms with Crippen LogP contribution in [0.4, 0.5) is 0 Å². The Balaban J connectivity index is 2.55. The monoisotopic (exact) mass is 395 g/mol. The van der Waals surface area contributed by atoms with Crippen molar-refractivity contribution < 1.29 is 4.79 Å². The van der Waals surface area contributed by atoms with Crippen molar-refractivity contribution in [2.24, 2.45) is 5.92 Å². The van der Waals surface area contributed by atoms with Gasteiger partial charge in [0.25, 0.3) is 5.91 Å². The van der Waals surface area contributed by atoms with Crippen LogP contribution in [0.15, 0.2) is 22.7 Å². The van der Waals surface area contributed by atoms with E-state index >= 15 is 0 Å². The highest BCUT2D eigenvalue weighted by Gasteiger charge is 2.11. The molecule has 0 spiro atoms. The molecule has 100 valence electrons. The van der Waals surface area contributed by atoms with Gasteiger partial charge in [-0.05, 0) is 30.5 Å². The number of rotatable bonds is 5. The quantitative estimate of drug-likeness (QED) is 0.721. The lowest BCUT2D eigenvalue weighted by Gasteiger charge is -2.13. The lowest BCUT2D eigenvalue weighted by molar-refractivity contribution is 0.0953. The van der Waals surface area contributed by atoms with Gasteiger partial charge in [0.2, 0.25) is 0 Å². The van der Waals surface area contributed by atoms with Gasteiger partial charge in [0.05, 0.1) is 0 Å². The minimum Gasteiger partial charge on any atom is -0.351 e. The third kappa shape index (κ3) is 5.72. The SMILES string of the molecule is CC(C)CC(Br)CNC(=O)c1cc(Cl)cc(Br)c1. The first-order chi connectivity index (χ1) is 8.38. The van der Waals surface area contributed by atoms with Gasteiger partial charge >= 0.3 is 0 Å². The Hall–Kier alpha value is -0.0600. The van der Waals surface area contributed by atoms with Crippen molar-refractivity contribution >= 4 is 49.4 Å². The smallest absolute Gasteiger partial charge is 0.251 e. The number of carbonyl (C=O) groups is 1. The zero-order valence-corrected chi connectivity index (χ0v) is 14.3. The fraction of sp³-hybridized carbons (Fsp3) is 0.462. The van der Waals surface area contributed by atoms with Crippen LogP contribution in [-0.2, 0) is 0 Å². The molecule has 0 aliphatic rings. The fourth-order valence-electron chi connectivity index (χ4n) is 1.59. The van der Waals surface area contributed by atoms with E-state index in [9.17, 15) is 4.79 Å². The number of carbonyl (C=O) groups excluding carboxylic acids is 1. The molecule has 2 nitrogen and oxygen atoms in total. The first-order valence-electron chi connectivity index (χ1n) is 5.77. The van der Waals surface area contributed by atoms with Crippen LogP contribution in [0.2, 0.25) is 5.02 Å². The molecule has 1 amide bonds. The van der Waals surface area contributed by atoms with Gasteiger partial charge in [0.15, 0.2) is 0 Å². The van der Waals surface area contributed by atoms with Gasteiger partial charge in [-0.1, -0.05) is 57.3 Å².